The van der Waals surface area contributed by atoms with Gasteiger partial charge in [-0.3, -0.25) is 0 Å². The third-order valence-corrected chi connectivity index (χ3v) is 7.40. The molecular formula is C40H58O. The largest absolute Gasteiger partial charge is 0.393 e. The van der Waals surface area contributed by atoms with Crippen LogP contribution in [-0.4, -0.2) is 11.2 Å². The molecule has 0 saturated carbocycles. The Kier molecular flexibility index (Phi) is 17.0. The maximum Gasteiger partial charge on any atom is 0.0585 e. The predicted molar refractivity (Wildman–Crippen MR) is 185 cm³/mol. The van der Waals surface area contributed by atoms with Gasteiger partial charge < -0.3 is 5.11 Å². The zero-order valence-electron chi connectivity index (χ0n) is 27.9. The van der Waals surface area contributed by atoms with Crippen molar-refractivity contribution >= 4 is 0 Å². The van der Waals surface area contributed by atoms with Gasteiger partial charge in [-0.2, -0.15) is 0 Å². The first kappa shape index (κ1) is 36.1. The van der Waals surface area contributed by atoms with E-state index in [1.54, 1.807) is 0 Å². The second-order valence-electron chi connectivity index (χ2n) is 12.7. The van der Waals surface area contributed by atoms with Crippen LogP contribution in [0.4, 0.5) is 0 Å². The Labute approximate surface area is 253 Å². The highest BCUT2D eigenvalue weighted by molar-refractivity contribution is 5.38. The quantitative estimate of drug-likeness (QED) is 0.167. The van der Waals surface area contributed by atoms with Gasteiger partial charge in [0.1, 0.15) is 0 Å². The topological polar surface area (TPSA) is 20.2 Å². The molecule has 1 unspecified atom stereocenters. The fourth-order valence-corrected chi connectivity index (χ4v) is 5.01. The number of rotatable bonds is 14. The molecule has 0 amide bonds. The summed E-state index contributed by atoms with van der Waals surface area (Å²) in [5.74, 6) is 0. The predicted octanol–water partition coefficient (Wildman–Crippen LogP) is 12.0. The minimum atomic E-state index is -0.220. The zero-order valence-corrected chi connectivity index (χ0v) is 27.9. The van der Waals surface area contributed by atoms with E-state index in [9.17, 15) is 5.11 Å². The molecule has 0 aromatic carbocycles. The van der Waals surface area contributed by atoms with E-state index in [1.165, 1.54) is 44.6 Å². The SMILES string of the molecule is CC(C)=CCCC(C)=CCCC(C)=CC=CC(C)=CC=CC=C(C)C=CC=C(C)C=CC1=C(C)CC(O)CC1(C)C. The van der Waals surface area contributed by atoms with E-state index in [1.807, 2.05) is 0 Å². The van der Waals surface area contributed by atoms with Crippen LogP contribution in [-0.2, 0) is 0 Å². The van der Waals surface area contributed by atoms with Crippen molar-refractivity contribution in [3.63, 3.8) is 0 Å². The van der Waals surface area contributed by atoms with Gasteiger partial charge in [-0.25, -0.2) is 0 Å². The number of aliphatic hydroxyl groups excluding tert-OH is 1. The lowest BCUT2D eigenvalue weighted by atomic mass is 9.71. The fourth-order valence-electron chi connectivity index (χ4n) is 5.01. The molecule has 1 nitrogen and oxygen atoms in total. The van der Waals surface area contributed by atoms with Crippen LogP contribution < -0.4 is 0 Å². The van der Waals surface area contributed by atoms with Crippen LogP contribution in [0, 0.1) is 5.41 Å². The molecule has 0 aromatic heterocycles. The molecule has 41 heavy (non-hydrogen) atoms. The van der Waals surface area contributed by atoms with Crippen LogP contribution >= 0.6 is 0 Å². The van der Waals surface area contributed by atoms with E-state index in [-0.39, 0.29) is 11.5 Å². The second-order valence-corrected chi connectivity index (χ2v) is 12.7. The summed E-state index contributed by atoms with van der Waals surface area (Å²) in [6.45, 7) is 21.8. The summed E-state index contributed by atoms with van der Waals surface area (Å²) in [4.78, 5) is 0. The van der Waals surface area contributed by atoms with Gasteiger partial charge >= 0.3 is 0 Å². The van der Waals surface area contributed by atoms with Crippen molar-refractivity contribution in [1.82, 2.24) is 0 Å². The summed E-state index contributed by atoms with van der Waals surface area (Å²) < 4.78 is 0. The van der Waals surface area contributed by atoms with Crippen molar-refractivity contribution in [2.45, 2.75) is 114 Å². The van der Waals surface area contributed by atoms with Crippen molar-refractivity contribution in [1.29, 1.82) is 0 Å². The number of aliphatic hydroxyl groups is 1. The third kappa shape index (κ3) is 16.8. The zero-order chi connectivity index (χ0) is 30.8. The minimum absolute atomic E-state index is 0.0141. The molecular weight excluding hydrogens is 496 g/mol. The van der Waals surface area contributed by atoms with Gasteiger partial charge in [0.25, 0.3) is 0 Å². The van der Waals surface area contributed by atoms with E-state index >= 15 is 0 Å². The lowest BCUT2D eigenvalue weighted by Gasteiger charge is -2.35. The molecule has 1 aliphatic rings. The highest BCUT2D eigenvalue weighted by Crippen LogP contribution is 2.41. The molecule has 1 aliphatic carbocycles. The molecule has 224 valence electrons. The maximum atomic E-state index is 10.1. The van der Waals surface area contributed by atoms with Crippen LogP contribution in [0.2, 0.25) is 0 Å². The van der Waals surface area contributed by atoms with Crippen molar-refractivity contribution in [2.24, 2.45) is 5.41 Å². The van der Waals surface area contributed by atoms with Gasteiger partial charge in [0.2, 0.25) is 0 Å². The molecule has 0 radical (unpaired) electrons. The summed E-state index contributed by atoms with van der Waals surface area (Å²) >= 11 is 0. The first-order valence-corrected chi connectivity index (χ1v) is 15.4. The summed E-state index contributed by atoms with van der Waals surface area (Å²) in [6, 6.07) is 0. The Morgan fingerprint density at radius 1 is 0.707 bits per heavy atom. The smallest absolute Gasteiger partial charge is 0.0585 e. The molecule has 1 N–H and O–H groups in total. The van der Waals surface area contributed by atoms with Crippen molar-refractivity contribution in [2.75, 3.05) is 0 Å². The molecule has 0 bridgehead atoms. The molecule has 0 aromatic rings. The van der Waals surface area contributed by atoms with E-state index in [0.29, 0.717) is 0 Å². The van der Waals surface area contributed by atoms with Crippen molar-refractivity contribution in [3.8, 4) is 0 Å². The first-order chi connectivity index (χ1) is 19.3. The van der Waals surface area contributed by atoms with Crippen LogP contribution in [0.15, 0.2) is 130 Å². The number of hydrogen-bond acceptors (Lipinski definition) is 1. The molecule has 0 heterocycles. The molecule has 1 heteroatoms. The highest BCUT2D eigenvalue weighted by Gasteiger charge is 2.31. The summed E-state index contributed by atoms with van der Waals surface area (Å²) in [7, 11) is 0. The van der Waals surface area contributed by atoms with Crippen LogP contribution in [0.5, 0.6) is 0 Å². The summed E-state index contributed by atoms with van der Waals surface area (Å²) in [5, 5.41) is 10.1. The monoisotopic (exact) mass is 554 g/mol. The van der Waals surface area contributed by atoms with Gasteiger partial charge in [-0.1, -0.05) is 138 Å². The molecule has 0 aliphatic heterocycles. The normalized spacial score (nSPS) is 20.0. The molecule has 1 rings (SSSR count). The Balaban J connectivity index is 2.55. The van der Waals surface area contributed by atoms with Gasteiger partial charge in [-0.15, -0.1) is 0 Å². The van der Waals surface area contributed by atoms with Gasteiger partial charge in [0.15, 0.2) is 0 Å². The molecule has 0 spiro atoms. The Morgan fingerprint density at radius 3 is 1.80 bits per heavy atom. The van der Waals surface area contributed by atoms with E-state index < -0.39 is 0 Å². The van der Waals surface area contributed by atoms with E-state index in [2.05, 4.69) is 154 Å². The fraction of sp³-hybridized carbons (Fsp3) is 0.450. The Hall–Kier alpha value is -2.90. The van der Waals surface area contributed by atoms with Crippen LogP contribution in [0.3, 0.4) is 0 Å². The summed E-state index contributed by atoms with van der Waals surface area (Å²) in [5.41, 5.74) is 10.6. The van der Waals surface area contributed by atoms with Crippen molar-refractivity contribution < 1.29 is 5.11 Å². The highest BCUT2D eigenvalue weighted by atomic mass is 16.3. The first-order valence-electron chi connectivity index (χ1n) is 15.4. The van der Waals surface area contributed by atoms with Gasteiger partial charge in [0, 0.05) is 0 Å². The second kappa shape index (κ2) is 19.3. The molecule has 0 saturated heterocycles. The van der Waals surface area contributed by atoms with E-state index in [4.69, 9.17) is 0 Å². The van der Waals surface area contributed by atoms with E-state index in [0.717, 1.165) is 38.5 Å². The van der Waals surface area contributed by atoms with Crippen molar-refractivity contribution in [3.05, 3.63) is 130 Å². The lowest BCUT2D eigenvalue weighted by Crippen LogP contribution is -2.28. The average molecular weight is 555 g/mol. The standard InChI is InChI=1S/C40H58O/c1-31(2)17-13-20-34(5)23-15-25-35(6)24-14-21-32(3)18-11-12-19-33(4)22-16-26-36(7)27-28-39-37(8)29-38(41)30-40(39,9)10/h11-12,14,16-19,21-24,26-28,38,41H,13,15,20,25,29-30H2,1-10H3. The molecule has 0 fully saturated rings. The van der Waals surface area contributed by atoms with Crippen LogP contribution in [0.1, 0.15) is 108 Å². The Bertz CT molecular complexity index is 1170. The van der Waals surface area contributed by atoms with Gasteiger partial charge in [0.05, 0.1) is 6.10 Å². The number of allylic oxidation sites excluding steroid dienone is 21. The average Bonchev–Trinajstić information content (AvgIpc) is 2.85. The third-order valence-electron chi connectivity index (χ3n) is 7.40. The molecule has 1 atom stereocenters. The lowest BCUT2D eigenvalue weighted by molar-refractivity contribution is 0.116. The van der Waals surface area contributed by atoms with Gasteiger partial charge in [-0.05, 0) is 105 Å². The summed E-state index contributed by atoms with van der Waals surface area (Å²) in [6.07, 6.45) is 36.4. The Morgan fingerprint density at radius 2 is 1.22 bits per heavy atom. The van der Waals surface area contributed by atoms with Crippen LogP contribution in [0.25, 0.3) is 0 Å². The maximum absolute atomic E-state index is 10.1. The minimum Gasteiger partial charge on any atom is -0.393 e. The number of hydrogen-bond donors (Lipinski definition) is 1.